The van der Waals surface area contributed by atoms with Gasteiger partial charge in [-0.05, 0) is 39.1 Å². The molecule has 160 valence electrons. The van der Waals surface area contributed by atoms with Crippen LogP contribution in [0.4, 0.5) is 5.95 Å². The molecule has 0 N–H and O–H groups in total. The first-order chi connectivity index (χ1) is 15.1. The largest absolute Gasteiger partial charge is 0.462 e. The minimum Gasteiger partial charge on any atom is -0.462 e. The summed E-state index contributed by atoms with van der Waals surface area (Å²) in [6.45, 7) is 5.58. The van der Waals surface area contributed by atoms with E-state index in [0.717, 1.165) is 42.8 Å². The maximum Gasteiger partial charge on any atom is 0.345 e. The van der Waals surface area contributed by atoms with Crippen molar-refractivity contribution >= 4 is 49.3 Å². The van der Waals surface area contributed by atoms with Crippen LogP contribution in [0.2, 0.25) is 0 Å². The van der Waals surface area contributed by atoms with Gasteiger partial charge in [0.1, 0.15) is 10.4 Å². The predicted molar refractivity (Wildman–Crippen MR) is 122 cm³/mol. The number of esters is 1. The van der Waals surface area contributed by atoms with Gasteiger partial charge in [-0.25, -0.2) is 9.78 Å². The zero-order valence-corrected chi connectivity index (χ0v) is 18.3. The summed E-state index contributed by atoms with van der Waals surface area (Å²) in [4.78, 5) is 40.4. The van der Waals surface area contributed by atoms with Gasteiger partial charge in [0.15, 0.2) is 5.65 Å². The van der Waals surface area contributed by atoms with Crippen molar-refractivity contribution in [1.29, 1.82) is 0 Å². The van der Waals surface area contributed by atoms with Crippen molar-refractivity contribution in [3.05, 3.63) is 46.2 Å². The van der Waals surface area contributed by atoms with Crippen LogP contribution >= 0.6 is 11.3 Å². The minimum atomic E-state index is -0.613. The van der Waals surface area contributed by atoms with E-state index < -0.39 is 5.97 Å². The third kappa shape index (κ3) is 3.34. The summed E-state index contributed by atoms with van der Waals surface area (Å²) in [6, 6.07) is 7.83. The Hall–Kier alpha value is -3.04. The predicted octanol–water partition coefficient (Wildman–Crippen LogP) is 2.78. The molecule has 3 aromatic heterocycles. The number of fused-ring (bicyclic) bond motifs is 5. The average molecular weight is 438 g/mol. The number of carbonyl (C=O) groups is 1. The number of thiazole rings is 1. The second kappa shape index (κ2) is 7.90. The summed E-state index contributed by atoms with van der Waals surface area (Å²) in [5.74, 6) is -0.00625. The lowest BCUT2D eigenvalue weighted by atomic mass is 10.2. The smallest absolute Gasteiger partial charge is 0.345 e. The van der Waals surface area contributed by atoms with Gasteiger partial charge >= 0.3 is 5.97 Å². The molecule has 1 aliphatic rings. The number of hydrogen-bond donors (Lipinski definition) is 0. The normalized spacial score (nSPS) is 15.6. The van der Waals surface area contributed by atoms with Gasteiger partial charge in [0, 0.05) is 25.8 Å². The van der Waals surface area contributed by atoms with E-state index >= 15 is 0 Å². The first kappa shape index (κ1) is 19.9. The molecular formula is C22H23N5O3S. The lowest BCUT2D eigenvalue weighted by molar-refractivity contribution is 0.0527. The Morgan fingerprint density at radius 1 is 1.19 bits per heavy atom. The van der Waals surface area contributed by atoms with Gasteiger partial charge in [0.2, 0.25) is 11.4 Å². The number of hydrogen-bond acceptors (Lipinski definition) is 8. The van der Waals surface area contributed by atoms with Crippen molar-refractivity contribution in [2.75, 3.05) is 44.7 Å². The molecule has 8 nitrogen and oxygen atoms in total. The van der Waals surface area contributed by atoms with E-state index in [-0.39, 0.29) is 17.6 Å². The maximum atomic E-state index is 13.3. The van der Waals surface area contributed by atoms with E-state index in [9.17, 15) is 9.59 Å². The number of carbonyl (C=O) groups excluding carboxylic acids is 1. The Balaban J connectivity index is 1.80. The summed E-state index contributed by atoms with van der Waals surface area (Å²) in [5, 5.41) is 0.319. The van der Waals surface area contributed by atoms with E-state index in [4.69, 9.17) is 9.72 Å². The second-order valence-corrected chi connectivity index (χ2v) is 8.72. The molecule has 1 fully saturated rings. The van der Waals surface area contributed by atoms with Crippen molar-refractivity contribution in [2.24, 2.45) is 0 Å². The maximum absolute atomic E-state index is 13.3. The molecule has 4 heterocycles. The van der Waals surface area contributed by atoms with Gasteiger partial charge in [-0.3, -0.25) is 9.20 Å². The van der Waals surface area contributed by atoms with Crippen molar-refractivity contribution in [2.45, 2.75) is 13.3 Å². The summed E-state index contributed by atoms with van der Waals surface area (Å²) >= 11 is 1.40. The summed E-state index contributed by atoms with van der Waals surface area (Å²) < 4.78 is 8.08. The number of para-hydroxylation sites is 1. The average Bonchev–Trinajstić information content (AvgIpc) is 3.01. The number of aromatic nitrogens is 3. The van der Waals surface area contributed by atoms with E-state index in [1.54, 1.807) is 13.1 Å². The standard InChI is InChI=1S/C22H23N5O3S/c1-3-30-21(29)17-18(28)14-13-23-22(26-10-6-9-25(2)11-12-26)24-19(14)27-15-7-4-5-8-16(15)31-20(17)27/h4-5,7-8,13H,3,6,9-12H2,1-2H3. The number of ether oxygens (including phenoxy) is 1. The highest BCUT2D eigenvalue weighted by Crippen LogP contribution is 2.31. The highest BCUT2D eigenvalue weighted by Gasteiger charge is 2.25. The van der Waals surface area contributed by atoms with Gasteiger partial charge in [-0.15, -0.1) is 11.3 Å². The fourth-order valence-corrected chi connectivity index (χ4v) is 5.24. The zero-order chi connectivity index (χ0) is 21.5. The van der Waals surface area contributed by atoms with Crippen molar-refractivity contribution < 1.29 is 9.53 Å². The molecule has 1 saturated heterocycles. The number of pyridine rings is 1. The first-order valence-electron chi connectivity index (χ1n) is 10.4. The molecule has 0 radical (unpaired) electrons. The van der Waals surface area contributed by atoms with Crippen LogP contribution in [0.5, 0.6) is 0 Å². The molecule has 9 heteroatoms. The molecule has 4 aromatic rings. The van der Waals surface area contributed by atoms with Crippen LogP contribution in [0.15, 0.2) is 35.3 Å². The summed E-state index contributed by atoms with van der Waals surface area (Å²) in [7, 11) is 2.11. The van der Waals surface area contributed by atoms with Gasteiger partial charge in [-0.1, -0.05) is 12.1 Å². The van der Waals surface area contributed by atoms with Crippen LogP contribution in [0, 0.1) is 0 Å². The molecule has 0 spiro atoms. The molecule has 1 aromatic carbocycles. The van der Waals surface area contributed by atoms with Crippen LogP contribution in [0.25, 0.3) is 26.1 Å². The number of likely N-dealkylation sites (N-methyl/N-ethyl adjacent to an activating group) is 1. The van der Waals surface area contributed by atoms with Crippen LogP contribution < -0.4 is 10.3 Å². The minimum absolute atomic E-state index is 0.0447. The molecular weight excluding hydrogens is 414 g/mol. The van der Waals surface area contributed by atoms with Crippen molar-refractivity contribution in [3.8, 4) is 0 Å². The molecule has 5 rings (SSSR count). The van der Waals surface area contributed by atoms with E-state index in [0.29, 0.717) is 21.8 Å². The van der Waals surface area contributed by atoms with Gasteiger partial charge in [0.05, 0.1) is 22.2 Å². The lowest BCUT2D eigenvalue weighted by Crippen LogP contribution is -2.30. The highest BCUT2D eigenvalue weighted by molar-refractivity contribution is 7.24. The zero-order valence-electron chi connectivity index (χ0n) is 17.5. The van der Waals surface area contributed by atoms with Crippen LogP contribution in [-0.2, 0) is 4.74 Å². The van der Waals surface area contributed by atoms with E-state index in [2.05, 4.69) is 21.8 Å². The second-order valence-electron chi connectivity index (χ2n) is 7.69. The number of anilines is 1. The molecule has 0 unspecified atom stereocenters. The quantitative estimate of drug-likeness (QED) is 0.456. The Kier molecular flexibility index (Phi) is 5.07. The number of rotatable bonds is 3. The Bertz CT molecular complexity index is 1360. The molecule has 0 bridgehead atoms. The SMILES string of the molecule is CCOC(=O)c1c(=O)c2cnc(N3CCCN(C)CC3)nc2n2c1sc1ccccc12. The third-order valence-electron chi connectivity index (χ3n) is 5.65. The number of benzene rings is 1. The van der Waals surface area contributed by atoms with E-state index in [1.165, 1.54) is 11.3 Å². The Labute approximate surface area is 182 Å². The monoisotopic (exact) mass is 437 g/mol. The van der Waals surface area contributed by atoms with E-state index in [1.807, 2.05) is 28.7 Å². The van der Waals surface area contributed by atoms with Crippen LogP contribution in [-0.4, -0.2) is 65.1 Å². The molecule has 0 saturated carbocycles. The van der Waals surface area contributed by atoms with Crippen LogP contribution in [0.1, 0.15) is 23.7 Å². The Morgan fingerprint density at radius 3 is 2.87 bits per heavy atom. The molecule has 0 atom stereocenters. The molecule has 0 aliphatic carbocycles. The van der Waals surface area contributed by atoms with Crippen LogP contribution in [0.3, 0.4) is 0 Å². The van der Waals surface area contributed by atoms with Gasteiger partial charge < -0.3 is 14.5 Å². The van der Waals surface area contributed by atoms with Gasteiger partial charge in [-0.2, -0.15) is 4.98 Å². The molecule has 1 aliphatic heterocycles. The number of nitrogens with zero attached hydrogens (tertiary/aromatic N) is 5. The molecule has 31 heavy (non-hydrogen) atoms. The third-order valence-corrected chi connectivity index (χ3v) is 6.80. The summed E-state index contributed by atoms with van der Waals surface area (Å²) in [5.41, 5.74) is 1.08. The Morgan fingerprint density at radius 2 is 2.03 bits per heavy atom. The van der Waals surface area contributed by atoms with Gasteiger partial charge in [0.25, 0.3) is 0 Å². The fourth-order valence-electron chi connectivity index (χ4n) is 4.07. The summed E-state index contributed by atoms with van der Waals surface area (Å²) in [6.07, 6.45) is 2.58. The highest BCUT2D eigenvalue weighted by atomic mass is 32.1. The van der Waals surface area contributed by atoms with Crippen molar-refractivity contribution in [3.63, 3.8) is 0 Å². The van der Waals surface area contributed by atoms with Crippen molar-refractivity contribution in [1.82, 2.24) is 19.3 Å². The first-order valence-corrected chi connectivity index (χ1v) is 11.2. The molecule has 0 amide bonds. The fraction of sp³-hybridized carbons (Fsp3) is 0.364. The lowest BCUT2D eigenvalue weighted by Gasteiger charge is -2.20. The topological polar surface area (TPSA) is 80.0 Å².